The van der Waals surface area contributed by atoms with E-state index in [2.05, 4.69) is 15.4 Å². The second-order valence-corrected chi connectivity index (χ2v) is 5.34. The van der Waals surface area contributed by atoms with Gasteiger partial charge in [0.15, 0.2) is 0 Å². The number of aryl methyl sites for hydroxylation is 1. The summed E-state index contributed by atoms with van der Waals surface area (Å²) in [6, 6.07) is 7.80. The number of carbonyl (C=O) groups is 1. The first-order chi connectivity index (χ1) is 10.2. The van der Waals surface area contributed by atoms with Crippen molar-refractivity contribution in [3.05, 3.63) is 35.6 Å². The zero-order chi connectivity index (χ0) is 14.7. The fraction of sp³-hybridized carbons (Fsp3) is 0.375. The molecule has 0 unspecified atom stereocenters. The van der Waals surface area contributed by atoms with E-state index < -0.39 is 0 Å². The number of carbonyl (C=O) groups excluding carboxylic acids is 1. The Kier molecular flexibility index (Phi) is 4.01. The summed E-state index contributed by atoms with van der Waals surface area (Å²) in [7, 11) is 0. The molecule has 1 amide bonds. The van der Waals surface area contributed by atoms with Crippen molar-refractivity contribution in [2.24, 2.45) is 5.10 Å². The van der Waals surface area contributed by atoms with E-state index >= 15 is 0 Å². The number of nitrogens with one attached hydrogen (secondary N) is 1. The highest BCUT2D eigenvalue weighted by atomic mass is 16.3. The van der Waals surface area contributed by atoms with E-state index in [0.29, 0.717) is 6.54 Å². The summed E-state index contributed by atoms with van der Waals surface area (Å²) in [5, 5.41) is 5.06. The number of amides is 1. The summed E-state index contributed by atoms with van der Waals surface area (Å²) >= 11 is 0. The van der Waals surface area contributed by atoms with Crippen LogP contribution in [0.25, 0.3) is 11.0 Å². The lowest BCUT2D eigenvalue weighted by Crippen LogP contribution is -2.33. The molecule has 1 aromatic carbocycles. The van der Waals surface area contributed by atoms with Crippen molar-refractivity contribution in [1.82, 2.24) is 10.3 Å². The van der Waals surface area contributed by atoms with Gasteiger partial charge in [-0.2, -0.15) is 5.10 Å². The quantitative estimate of drug-likeness (QED) is 0.692. The number of furan rings is 1. The zero-order valence-electron chi connectivity index (χ0n) is 12.1. The Hall–Kier alpha value is -2.14. The minimum atomic E-state index is -0.0707. The van der Waals surface area contributed by atoms with Crippen molar-refractivity contribution in [3.8, 4) is 0 Å². The fourth-order valence-electron chi connectivity index (χ4n) is 2.70. The summed E-state index contributed by atoms with van der Waals surface area (Å²) in [5.74, 6) is 0.729. The number of fused-ring (bicyclic) bond motifs is 1. The van der Waals surface area contributed by atoms with Gasteiger partial charge in [-0.3, -0.25) is 9.69 Å². The van der Waals surface area contributed by atoms with Crippen molar-refractivity contribution in [2.45, 2.75) is 19.8 Å². The topological polar surface area (TPSA) is 57.8 Å². The second-order valence-electron chi connectivity index (χ2n) is 5.34. The maximum absolute atomic E-state index is 11.8. The predicted octanol–water partition coefficient (Wildman–Crippen LogP) is 2.29. The smallest absolute Gasteiger partial charge is 0.254 e. The van der Waals surface area contributed by atoms with Crippen LogP contribution in [-0.2, 0) is 4.79 Å². The molecular formula is C16H19N3O2. The van der Waals surface area contributed by atoms with E-state index in [1.54, 1.807) is 6.21 Å². The third kappa shape index (κ3) is 3.13. The maximum atomic E-state index is 11.8. The standard InChI is InChI=1S/C16H19N3O2/c1-12-14(13-6-2-3-7-15(13)21-12)10-17-18-16(20)11-19-8-4-5-9-19/h2-3,6-7,10H,4-5,8-9,11H2,1H3,(H,18,20)/b17-10+. The predicted molar refractivity (Wildman–Crippen MR) is 82.4 cm³/mol. The molecule has 0 spiro atoms. The molecule has 5 heteroatoms. The number of hydrogen-bond acceptors (Lipinski definition) is 4. The van der Waals surface area contributed by atoms with Gasteiger partial charge in [0.1, 0.15) is 11.3 Å². The van der Waals surface area contributed by atoms with Crippen LogP contribution in [-0.4, -0.2) is 36.7 Å². The second kappa shape index (κ2) is 6.10. The fourth-order valence-corrected chi connectivity index (χ4v) is 2.70. The largest absolute Gasteiger partial charge is 0.461 e. The van der Waals surface area contributed by atoms with Gasteiger partial charge >= 0.3 is 0 Å². The number of para-hydroxylation sites is 1. The van der Waals surface area contributed by atoms with Crippen LogP contribution in [0.1, 0.15) is 24.2 Å². The summed E-state index contributed by atoms with van der Waals surface area (Å²) in [4.78, 5) is 13.9. The molecule has 1 aliphatic rings. The van der Waals surface area contributed by atoms with Crippen LogP contribution in [0.15, 0.2) is 33.8 Å². The molecule has 1 N–H and O–H groups in total. The SMILES string of the molecule is Cc1oc2ccccc2c1/C=N/NC(=O)CN1CCCC1. The number of hydrazone groups is 1. The van der Waals surface area contributed by atoms with Crippen LogP contribution < -0.4 is 5.43 Å². The molecule has 0 aliphatic carbocycles. The van der Waals surface area contributed by atoms with Crippen molar-refractivity contribution < 1.29 is 9.21 Å². The van der Waals surface area contributed by atoms with Crippen molar-refractivity contribution in [2.75, 3.05) is 19.6 Å². The normalized spacial score (nSPS) is 16.0. The summed E-state index contributed by atoms with van der Waals surface area (Å²) < 4.78 is 5.65. The van der Waals surface area contributed by atoms with Gasteiger partial charge in [0.2, 0.25) is 0 Å². The van der Waals surface area contributed by atoms with Gasteiger partial charge in [0, 0.05) is 10.9 Å². The summed E-state index contributed by atoms with van der Waals surface area (Å²) in [6.07, 6.45) is 4.01. The Morgan fingerprint density at radius 1 is 1.38 bits per heavy atom. The highest BCUT2D eigenvalue weighted by Gasteiger charge is 2.14. The molecule has 0 radical (unpaired) electrons. The van der Waals surface area contributed by atoms with E-state index in [4.69, 9.17) is 4.42 Å². The highest BCUT2D eigenvalue weighted by molar-refractivity contribution is 5.99. The molecular weight excluding hydrogens is 266 g/mol. The van der Waals surface area contributed by atoms with Crippen LogP contribution >= 0.6 is 0 Å². The zero-order valence-corrected chi connectivity index (χ0v) is 12.1. The van der Waals surface area contributed by atoms with Gasteiger partial charge < -0.3 is 4.42 Å². The molecule has 1 fully saturated rings. The highest BCUT2D eigenvalue weighted by Crippen LogP contribution is 2.23. The Morgan fingerprint density at radius 2 is 2.14 bits per heavy atom. The molecule has 2 heterocycles. The van der Waals surface area contributed by atoms with Crippen molar-refractivity contribution in [3.63, 3.8) is 0 Å². The lowest BCUT2D eigenvalue weighted by molar-refractivity contribution is -0.121. The molecule has 21 heavy (non-hydrogen) atoms. The number of nitrogens with zero attached hydrogens (tertiary/aromatic N) is 2. The number of benzene rings is 1. The Bertz CT molecular complexity index is 669. The number of rotatable bonds is 4. The van der Waals surface area contributed by atoms with Crippen LogP contribution in [0.2, 0.25) is 0 Å². The molecule has 0 bridgehead atoms. The maximum Gasteiger partial charge on any atom is 0.254 e. The molecule has 2 aromatic rings. The Balaban J connectivity index is 1.64. The average Bonchev–Trinajstić information content (AvgIpc) is 3.07. The number of hydrogen-bond donors (Lipinski definition) is 1. The van der Waals surface area contributed by atoms with Gasteiger partial charge in [-0.25, -0.2) is 5.43 Å². The Morgan fingerprint density at radius 3 is 2.95 bits per heavy atom. The Labute approximate surface area is 123 Å². The average molecular weight is 285 g/mol. The first-order valence-corrected chi connectivity index (χ1v) is 7.26. The van der Waals surface area contributed by atoms with Crippen LogP contribution in [0.4, 0.5) is 0 Å². The molecule has 1 aromatic heterocycles. The minimum absolute atomic E-state index is 0.0707. The van der Waals surface area contributed by atoms with E-state index in [-0.39, 0.29) is 5.91 Å². The first-order valence-electron chi connectivity index (χ1n) is 7.26. The van der Waals surface area contributed by atoms with Gasteiger partial charge in [-0.05, 0) is 38.9 Å². The van der Waals surface area contributed by atoms with Crippen LogP contribution in [0, 0.1) is 6.92 Å². The number of likely N-dealkylation sites (tertiary alicyclic amines) is 1. The first kappa shape index (κ1) is 13.8. The van der Waals surface area contributed by atoms with Crippen molar-refractivity contribution >= 4 is 23.1 Å². The van der Waals surface area contributed by atoms with Gasteiger partial charge in [0.25, 0.3) is 5.91 Å². The lowest BCUT2D eigenvalue weighted by Gasteiger charge is -2.12. The summed E-state index contributed by atoms with van der Waals surface area (Å²) in [6.45, 7) is 4.32. The molecule has 3 rings (SSSR count). The van der Waals surface area contributed by atoms with E-state index in [0.717, 1.165) is 35.4 Å². The molecule has 110 valence electrons. The van der Waals surface area contributed by atoms with E-state index in [1.807, 2.05) is 31.2 Å². The lowest BCUT2D eigenvalue weighted by atomic mass is 10.1. The molecule has 0 atom stereocenters. The third-order valence-corrected chi connectivity index (χ3v) is 3.77. The van der Waals surface area contributed by atoms with E-state index in [9.17, 15) is 4.79 Å². The molecule has 5 nitrogen and oxygen atoms in total. The van der Waals surface area contributed by atoms with Crippen LogP contribution in [0.3, 0.4) is 0 Å². The monoisotopic (exact) mass is 285 g/mol. The molecule has 0 saturated carbocycles. The summed E-state index contributed by atoms with van der Waals surface area (Å²) in [5.41, 5.74) is 4.33. The van der Waals surface area contributed by atoms with Gasteiger partial charge in [-0.1, -0.05) is 18.2 Å². The van der Waals surface area contributed by atoms with Crippen molar-refractivity contribution in [1.29, 1.82) is 0 Å². The van der Waals surface area contributed by atoms with Gasteiger partial charge in [0.05, 0.1) is 12.8 Å². The van der Waals surface area contributed by atoms with Crippen LogP contribution in [0.5, 0.6) is 0 Å². The third-order valence-electron chi connectivity index (χ3n) is 3.77. The molecule has 1 saturated heterocycles. The minimum Gasteiger partial charge on any atom is -0.461 e. The van der Waals surface area contributed by atoms with Gasteiger partial charge in [-0.15, -0.1) is 0 Å². The molecule has 1 aliphatic heterocycles. The van der Waals surface area contributed by atoms with E-state index in [1.165, 1.54) is 12.8 Å².